The van der Waals surface area contributed by atoms with Crippen molar-refractivity contribution in [1.82, 2.24) is 10.2 Å². The number of rotatable bonds is 7. The van der Waals surface area contributed by atoms with E-state index in [9.17, 15) is 9.59 Å². The highest BCUT2D eigenvalue weighted by Gasteiger charge is 2.31. The molecule has 0 aliphatic carbocycles. The SMILES string of the molecule is COc1cccc(/C=C2/SC(=S)N(CCNC(=O)c3cccc(OC)c3)C2=O)c1. The fourth-order valence-electron chi connectivity index (χ4n) is 2.72. The van der Waals surface area contributed by atoms with Crippen LogP contribution in [0.2, 0.25) is 0 Å². The minimum atomic E-state index is -0.235. The molecule has 150 valence electrons. The summed E-state index contributed by atoms with van der Waals surface area (Å²) in [7, 11) is 3.14. The molecule has 6 nitrogen and oxygen atoms in total. The van der Waals surface area contributed by atoms with Crippen molar-refractivity contribution in [2.24, 2.45) is 0 Å². The van der Waals surface area contributed by atoms with Crippen molar-refractivity contribution < 1.29 is 19.1 Å². The van der Waals surface area contributed by atoms with Gasteiger partial charge in [-0.2, -0.15) is 0 Å². The van der Waals surface area contributed by atoms with E-state index in [2.05, 4.69) is 5.32 Å². The number of methoxy groups -OCH3 is 2. The van der Waals surface area contributed by atoms with Crippen LogP contribution in [0.25, 0.3) is 6.08 Å². The first-order valence-corrected chi connectivity index (χ1v) is 10.1. The lowest BCUT2D eigenvalue weighted by Gasteiger charge is -2.15. The average Bonchev–Trinajstić information content (AvgIpc) is 3.01. The summed E-state index contributed by atoms with van der Waals surface area (Å²) in [5, 5.41) is 2.80. The summed E-state index contributed by atoms with van der Waals surface area (Å²) >= 11 is 6.59. The van der Waals surface area contributed by atoms with Crippen LogP contribution in [-0.2, 0) is 4.79 Å². The quantitative estimate of drug-likeness (QED) is 0.539. The number of benzene rings is 2. The van der Waals surface area contributed by atoms with E-state index in [4.69, 9.17) is 21.7 Å². The van der Waals surface area contributed by atoms with Crippen LogP contribution in [-0.4, -0.2) is 48.3 Å². The predicted molar refractivity (Wildman–Crippen MR) is 118 cm³/mol. The molecule has 0 atom stereocenters. The maximum absolute atomic E-state index is 12.7. The van der Waals surface area contributed by atoms with Gasteiger partial charge in [0.15, 0.2) is 0 Å². The van der Waals surface area contributed by atoms with Crippen LogP contribution in [0.4, 0.5) is 0 Å². The molecule has 1 fully saturated rings. The maximum atomic E-state index is 12.7. The first-order chi connectivity index (χ1) is 14.0. The second-order valence-electron chi connectivity index (χ2n) is 6.10. The van der Waals surface area contributed by atoms with E-state index in [0.29, 0.717) is 27.1 Å². The van der Waals surface area contributed by atoms with E-state index in [0.717, 1.165) is 11.3 Å². The highest BCUT2D eigenvalue weighted by Crippen LogP contribution is 2.32. The Morgan fingerprint density at radius 2 is 1.83 bits per heavy atom. The molecule has 0 aromatic heterocycles. The van der Waals surface area contributed by atoms with E-state index in [1.807, 2.05) is 24.3 Å². The zero-order chi connectivity index (χ0) is 20.8. The average molecular weight is 429 g/mol. The molecule has 1 aliphatic rings. The second-order valence-corrected chi connectivity index (χ2v) is 7.77. The van der Waals surface area contributed by atoms with Crippen LogP contribution in [0.3, 0.4) is 0 Å². The van der Waals surface area contributed by atoms with Crippen molar-refractivity contribution in [3.05, 3.63) is 64.6 Å². The molecule has 0 spiro atoms. The molecule has 2 aromatic rings. The number of hydrogen-bond acceptors (Lipinski definition) is 6. The van der Waals surface area contributed by atoms with Gasteiger partial charge in [-0.05, 0) is 42.0 Å². The zero-order valence-corrected chi connectivity index (χ0v) is 17.6. The van der Waals surface area contributed by atoms with Crippen molar-refractivity contribution in [1.29, 1.82) is 0 Å². The van der Waals surface area contributed by atoms with Gasteiger partial charge in [-0.15, -0.1) is 0 Å². The summed E-state index contributed by atoms with van der Waals surface area (Å²) in [4.78, 5) is 27.0. The van der Waals surface area contributed by atoms with E-state index >= 15 is 0 Å². The van der Waals surface area contributed by atoms with Gasteiger partial charge in [-0.25, -0.2) is 0 Å². The molecule has 0 bridgehead atoms. The number of thiocarbonyl (C=S) groups is 1. The van der Waals surface area contributed by atoms with Crippen LogP contribution >= 0.6 is 24.0 Å². The highest BCUT2D eigenvalue weighted by molar-refractivity contribution is 8.26. The Balaban J connectivity index is 1.60. The standard InChI is InChI=1S/C21H20N2O4S2/c1-26-16-7-3-5-14(11-16)12-18-20(25)23(21(28)29-18)10-9-22-19(24)15-6-4-8-17(13-15)27-2/h3-8,11-13H,9-10H2,1-2H3,(H,22,24)/b18-12+. The van der Waals surface area contributed by atoms with Crippen LogP contribution in [0.5, 0.6) is 11.5 Å². The summed E-state index contributed by atoms with van der Waals surface area (Å²) in [6, 6.07) is 14.3. The number of nitrogens with one attached hydrogen (secondary N) is 1. The number of hydrogen-bond donors (Lipinski definition) is 1. The molecular weight excluding hydrogens is 408 g/mol. The number of nitrogens with zero attached hydrogens (tertiary/aromatic N) is 1. The van der Waals surface area contributed by atoms with Crippen molar-refractivity contribution >= 4 is 46.2 Å². The van der Waals surface area contributed by atoms with Crippen molar-refractivity contribution in [3.63, 3.8) is 0 Å². The molecule has 2 aromatic carbocycles. The first kappa shape index (κ1) is 20.9. The Bertz CT molecular complexity index is 975. The highest BCUT2D eigenvalue weighted by atomic mass is 32.2. The monoisotopic (exact) mass is 428 g/mol. The van der Waals surface area contributed by atoms with Gasteiger partial charge in [0, 0.05) is 18.7 Å². The summed E-state index contributed by atoms with van der Waals surface area (Å²) in [6.45, 7) is 0.588. The van der Waals surface area contributed by atoms with Gasteiger partial charge < -0.3 is 14.8 Å². The molecular formula is C21H20N2O4S2. The molecule has 0 unspecified atom stereocenters. The fourth-order valence-corrected chi connectivity index (χ4v) is 4.03. The van der Waals surface area contributed by atoms with Crippen LogP contribution < -0.4 is 14.8 Å². The number of carbonyl (C=O) groups is 2. The molecule has 1 saturated heterocycles. The molecule has 1 N–H and O–H groups in total. The van der Waals surface area contributed by atoms with E-state index < -0.39 is 0 Å². The Labute approximate surface area is 178 Å². The molecule has 29 heavy (non-hydrogen) atoms. The van der Waals surface area contributed by atoms with Gasteiger partial charge in [-0.1, -0.05) is 42.2 Å². The minimum Gasteiger partial charge on any atom is -0.497 e. The largest absolute Gasteiger partial charge is 0.497 e. The number of ether oxygens (including phenoxy) is 2. The Hall–Kier alpha value is -2.84. The Morgan fingerprint density at radius 1 is 1.14 bits per heavy atom. The predicted octanol–water partition coefficient (Wildman–Crippen LogP) is 3.34. The Morgan fingerprint density at radius 3 is 2.55 bits per heavy atom. The number of amides is 2. The third-order valence-electron chi connectivity index (χ3n) is 4.22. The molecule has 1 heterocycles. The topological polar surface area (TPSA) is 67.9 Å². The molecule has 8 heteroatoms. The second kappa shape index (κ2) is 9.58. The van der Waals surface area contributed by atoms with Crippen molar-refractivity contribution in [2.75, 3.05) is 27.3 Å². The number of carbonyl (C=O) groups excluding carboxylic acids is 2. The zero-order valence-electron chi connectivity index (χ0n) is 16.0. The molecule has 3 rings (SSSR count). The van der Waals surface area contributed by atoms with Crippen molar-refractivity contribution in [2.45, 2.75) is 0 Å². The summed E-state index contributed by atoms with van der Waals surface area (Å²) in [5.41, 5.74) is 1.35. The number of thioether (sulfide) groups is 1. The van der Waals surface area contributed by atoms with E-state index in [1.54, 1.807) is 44.6 Å². The Kier molecular flexibility index (Phi) is 6.90. The third-order valence-corrected chi connectivity index (χ3v) is 5.60. The maximum Gasteiger partial charge on any atom is 0.266 e. The van der Waals surface area contributed by atoms with Gasteiger partial charge in [-0.3, -0.25) is 14.5 Å². The van der Waals surface area contributed by atoms with Crippen molar-refractivity contribution in [3.8, 4) is 11.5 Å². The lowest BCUT2D eigenvalue weighted by atomic mass is 10.2. The lowest BCUT2D eigenvalue weighted by Crippen LogP contribution is -2.37. The van der Waals surface area contributed by atoms with Gasteiger partial charge in [0.1, 0.15) is 15.8 Å². The lowest BCUT2D eigenvalue weighted by molar-refractivity contribution is -0.122. The van der Waals surface area contributed by atoms with Gasteiger partial charge in [0.25, 0.3) is 11.8 Å². The van der Waals surface area contributed by atoms with Crippen LogP contribution in [0.15, 0.2) is 53.4 Å². The third kappa shape index (κ3) is 5.16. The molecule has 1 aliphatic heterocycles. The van der Waals surface area contributed by atoms with Gasteiger partial charge in [0.05, 0.1) is 19.1 Å². The first-order valence-electron chi connectivity index (χ1n) is 8.83. The van der Waals surface area contributed by atoms with Crippen LogP contribution in [0.1, 0.15) is 15.9 Å². The summed E-state index contributed by atoms with van der Waals surface area (Å²) < 4.78 is 10.8. The van der Waals surface area contributed by atoms with Gasteiger partial charge in [0.2, 0.25) is 0 Å². The normalized spacial score (nSPS) is 15.0. The van der Waals surface area contributed by atoms with E-state index in [-0.39, 0.29) is 18.4 Å². The smallest absolute Gasteiger partial charge is 0.266 e. The summed E-state index contributed by atoms with van der Waals surface area (Å²) in [6.07, 6.45) is 1.79. The van der Waals surface area contributed by atoms with Crippen LogP contribution in [0, 0.1) is 0 Å². The molecule has 0 saturated carbocycles. The molecule has 2 amide bonds. The van der Waals surface area contributed by atoms with E-state index in [1.165, 1.54) is 16.7 Å². The summed E-state index contributed by atoms with van der Waals surface area (Å²) in [5.74, 6) is 0.923. The molecule has 0 radical (unpaired) electrons. The minimum absolute atomic E-state index is 0.168. The van der Waals surface area contributed by atoms with Gasteiger partial charge >= 0.3 is 0 Å². The fraction of sp³-hybridized carbons (Fsp3) is 0.190.